The lowest BCUT2D eigenvalue weighted by Crippen LogP contribution is -2.07. The molecule has 3 heteroatoms. The second-order valence-corrected chi connectivity index (χ2v) is 4.44. The SMILES string of the molecule is OC1(CCc2cc(F)cc(Cl)c2)CC1. The number of aryl methyl sites for hydroxylation is 1. The Morgan fingerprint density at radius 1 is 1.36 bits per heavy atom. The summed E-state index contributed by atoms with van der Waals surface area (Å²) in [5.74, 6) is -0.310. The molecule has 0 aliphatic heterocycles. The molecular formula is C11H12ClFO. The van der Waals surface area contributed by atoms with E-state index in [1.807, 2.05) is 0 Å². The summed E-state index contributed by atoms with van der Waals surface area (Å²) in [5.41, 5.74) is 0.383. The minimum Gasteiger partial charge on any atom is -0.390 e. The number of hydrogen-bond donors (Lipinski definition) is 1. The summed E-state index contributed by atoms with van der Waals surface area (Å²) >= 11 is 5.71. The summed E-state index contributed by atoms with van der Waals surface area (Å²) in [6.45, 7) is 0. The van der Waals surface area contributed by atoms with Crippen LogP contribution in [0.3, 0.4) is 0 Å². The molecule has 0 atom stereocenters. The maximum absolute atomic E-state index is 12.9. The first kappa shape index (κ1) is 9.94. The number of aliphatic hydroxyl groups is 1. The predicted octanol–water partition coefficient (Wildman–Crippen LogP) is 2.94. The summed E-state index contributed by atoms with van der Waals surface area (Å²) in [7, 11) is 0. The standard InChI is InChI=1S/C11H12ClFO/c12-9-5-8(6-10(13)7-9)1-2-11(14)3-4-11/h5-7,14H,1-4H2. The van der Waals surface area contributed by atoms with Crippen LogP contribution in [0.25, 0.3) is 0 Å². The monoisotopic (exact) mass is 214 g/mol. The Hall–Kier alpha value is -0.600. The maximum atomic E-state index is 12.9. The molecule has 1 aliphatic rings. The van der Waals surface area contributed by atoms with E-state index in [-0.39, 0.29) is 5.82 Å². The highest BCUT2D eigenvalue weighted by Gasteiger charge is 2.39. The average molecular weight is 215 g/mol. The molecule has 76 valence electrons. The Labute approximate surface area is 87.5 Å². The van der Waals surface area contributed by atoms with Gasteiger partial charge in [0, 0.05) is 5.02 Å². The summed E-state index contributed by atoms with van der Waals surface area (Å²) in [6, 6.07) is 4.50. The third kappa shape index (κ3) is 2.46. The topological polar surface area (TPSA) is 20.2 Å². The van der Waals surface area contributed by atoms with Crippen LogP contribution in [0, 0.1) is 5.82 Å². The second-order valence-electron chi connectivity index (χ2n) is 4.00. The fraction of sp³-hybridized carbons (Fsp3) is 0.455. The third-order valence-electron chi connectivity index (χ3n) is 2.63. The van der Waals surface area contributed by atoms with Gasteiger partial charge in [-0.05, 0) is 49.4 Å². The molecule has 1 aromatic carbocycles. The van der Waals surface area contributed by atoms with E-state index in [2.05, 4.69) is 0 Å². The van der Waals surface area contributed by atoms with Gasteiger partial charge in [-0.3, -0.25) is 0 Å². The first-order chi connectivity index (χ1) is 6.57. The molecule has 1 fully saturated rings. The largest absolute Gasteiger partial charge is 0.390 e. The van der Waals surface area contributed by atoms with Gasteiger partial charge in [-0.15, -0.1) is 0 Å². The highest BCUT2D eigenvalue weighted by molar-refractivity contribution is 6.30. The molecule has 0 aromatic heterocycles. The number of halogens is 2. The molecule has 1 aromatic rings. The number of rotatable bonds is 3. The van der Waals surface area contributed by atoms with Crippen molar-refractivity contribution >= 4 is 11.6 Å². The molecular weight excluding hydrogens is 203 g/mol. The van der Waals surface area contributed by atoms with Crippen LogP contribution in [0.5, 0.6) is 0 Å². The van der Waals surface area contributed by atoms with Crippen LogP contribution in [-0.2, 0) is 6.42 Å². The van der Waals surface area contributed by atoms with Gasteiger partial charge in [-0.2, -0.15) is 0 Å². The second kappa shape index (κ2) is 3.52. The van der Waals surface area contributed by atoms with Gasteiger partial charge in [0.05, 0.1) is 5.60 Å². The quantitative estimate of drug-likeness (QED) is 0.820. The Bertz CT molecular complexity index is 327. The van der Waals surface area contributed by atoms with Crippen molar-refractivity contribution in [3.63, 3.8) is 0 Å². The number of hydrogen-bond acceptors (Lipinski definition) is 1. The van der Waals surface area contributed by atoms with Crippen molar-refractivity contribution < 1.29 is 9.50 Å². The van der Waals surface area contributed by atoms with E-state index in [0.29, 0.717) is 17.9 Å². The molecule has 1 aliphatic carbocycles. The van der Waals surface area contributed by atoms with Crippen LogP contribution < -0.4 is 0 Å². The van der Waals surface area contributed by atoms with Crippen LogP contribution in [0.4, 0.5) is 4.39 Å². The summed E-state index contributed by atoms with van der Waals surface area (Å²) in [5, 5.41) is 10.0. The summed E-state index contributed by atoms with van der Waals surface area (Å²) in [4.78, 5) is 0. The van der Waals surface area contributed by atoms with Crippen molar-refractivity contribution in [2.24, 2.45) is 0 Å². The highest BCUT2D eigenvalue weighted by Crippen LogP contribution is 2.39. The Balaban J connectivity index is 2.01. The van der Waals surface area contributed by atoms with Crippen molar-refractivity contribution in [3.05, 3.63) is 34.6 Å². The zero-order valence-corrected chi connectivity index (χ0v) is 8.52. The van der Waals surface area contributed by atoms with Crippen LogP contribution in [-0.4, -0.2) is 10.7 Å². The average Bonchev–Trinajstić information content (AvgIpc) is 2.80. The summed E-state index contributed by atoms with van der Waals surface area (Å²) < 4.78 is 12.9. The van der Waals surface area contributed by atoms with Gasteiger partial charge in [-0.1, -0.05) is 11.6 Å². The molecule has 0 spiro atoms. The predicted molar refractivity (Wildman–Crippen MR) is 53.9 cm³/mol. The van der Waals surface area contributed by atoms with Crippen LogP contribution >= 0.6 is 11.6 Å². The van der Waals surface area contributed by atoms with Gasteiger partial charge in [-0.25, -0.2) is 4.39 Å². The number of benzene rings is 1. The minimum atomic E-state index is -0.473. The van der Waals surface area contributed by atoms with E-state index in [1.54, 1.807) is 6.07 Å². The van der Waals surface area contributed by atoms with Gasteiger partial charge < -0.3 is 5.11 Å². The zero-order chi connectivity index (χ0) is 10.2. The van der Waals surface area contributed by atoms with E-state index >= 15 is 0 Å². The summed E-state index contributed by atoms with van der Waals surface area (Å²) in [6.07, 6.45) is 3.13. The van der Waals surface area contributed by atoms with E-state index in [9.17, 15) is 9.50 Å². The first-order valence-corrected chi connectivity index (χ1v) is 5.13. The highest BCUT2D eigenvalue weighted by atomic mass is 35.5. The molecule has 0 bridgehead atoms. The molecule has 2 rings (SSSR count). The molecule has 1 N–H and O–H groups in total. The van der Waals surface area contributed by atoms with Gasteiger partial charge in [0.1, 0.15) is 5.82 Å². The van der Waals surface area contributed by atoms with E-state index in [0.717, 1.165) is 18.4 Å². The Kier molecular flexibility index (Phi) is 2.50. The lowest BCUT2D eigenvalue weighted by Gasteiger charge is -2.07. The zero-order valence-electron chi connectivity index (χ0n) is 7.76. The van der Waals surface area contributed by atoms with Crippen LogP contribution in [0.15, 0.2) is 18.2 Å². The fourth-order valence-corrected chi connectivity index (χ4v) is 1.77. The lowest BCUT2D eigenvalue weighted by molar-refractivity contribution is 0.140. The smallest absolute Gasteiger partial charge is 0.124 e. The molecule has 0 heterocycles. The van der Waals surface area contributed by atoms with Crippen molar-refractivity contribution in [2.75, 3.05) is 0 Å². The molecule has 0 amide bonds. The fourth-order valence-electron chi connectivity index (χ4n) is 1.53. The third-order valence-corrected chi connectivity index (χ3v) is 2.85. The van der Waals surface area contributed by atoms with E-state index in [1.165, 1.54) is 12.1 Å². The van der Waals surface area contributed by atoms with Crippen molar-refractivity contribution in [3.8, 4) is 0 Å². The molecule has 14 heavy (non-hydrogen) atoms. The normalized spacial score (nSPS) is 18.2. The van der Waals surface area contributed by atoms with Gasteiger partial charge in [0.15, 0.2) is 0 Å². The molecule has 1 saturated carbocycles. The Morgan fingerprint density at radius 3 is 2.64 bits per heavy atom. The van der Waals surface area contributed by atoms with Crippen LogP contribution in [0.1, 0.15) is 24.8 Å². The first-order valence-electron chi connectivity index (χ1n) is 4.75. The minimum absolute atomic E-state index is 0.310. The van der Waals surface area contributed by atoms with Gasteiger partial charge in [0.2, 0.25) is 0 Å². The Morgan fingerprint density at radius 2 is 2.07 bits per heavy atom. The molecule has 1 nitrogen and oxygen atoms in total. The van der Waals surface area contributed by atoms with Gasteiger partial charge >= 0.3 is 0 Å². The lowest BCUT2D eigenvalue weighted by atomic mass is 10.1. The van der Waals surface area contributed by atoms with E-state index in [4.69, 9.17) is 11.6 Å². The van der Waals surface area contributed by atoms with Crippen molar-refractivity contribution in [1.82, 2.24) is 0 Å². The van der Waals surface area contributed by atoms with Crippen molar-refractivity contribution in [2.45, 2.75) is 31.3 Å². The van der Waals surface area contributed by atoms with Crippen molar-refractivity contribution in [1.29, 1.82) is 0 Å². The van der Waals surface area contributed by atoms with Crippen LogP contribution in [0.2, 0.25) is 5.02 Å². The molecule has 0 unspecified atom stereocenters. The van der Waals surface area contributed by atoms with E-state index < -0.39 is 5.60 Å². The molecule has 0 saturated heterocycles. The maximum Gasteiger partial charge on any atom is 0.124 e. The molecule has 0 radical (unpaired) electrons. The van der Waals surface area contributed by atoms with Gasteiger partial charge in [0.25, 0.3) is 0 Å².